The summed E-state index contributed by atoms with van der Waals surface area (Å²) in [7, 11) is 0. The summed E-state index contributed by atoms with van der Waals surface area (Å²) in [4.78, 5) is 35.9. The number of primary amides is 1. The largest absolute Gasteiger partial charge is 0.461 e. The smallest absolute Gasteiger partial charge is 0.360 e. The van der Waals surface area contributed by atoms with Crippen LogP contribution < -0.4 is 16.4 Å². The third-order valence-corrected chi connectivity index (χ3v) is 4.56. The number of amides is 1. The van der Waals surface area contributed by atoms with Gasteiger partial charge in [0.25, 0.3) is 11.9 Å². The zero-order valence-electron chi connectivity index (χ0n) is 17.2. The van der Waals surface area contributed by atoms with Crippen LogP contribution in [-0.4, -0.2) is 33.4 Å². The first-order valence-electron chi connectivity index (χ1n) is 9.81. The molecule has 0 radical (unpaired) electrons. The normalized spacial score (nSPS) is 10.7. The van der Waals surface area contributed by atoms with E-state index in [0.717, 1.165) is 11.3 Å². The summed E-state index contributed by atoms with van der Waals surface area (Å²) in [6.45, 7) is 2.44. The van der Waals surface area contributed by atoms with Gasteiger partial charge >= 0.3 is 5.97 Å². The lowest BCUT2D eigenvalue weighted by Crippen LogP contribution is -2.12. The summed E-state index contributed by atoms with van der Waals surface area (Å²) in [5.74, 6) is -0.501. The van der Waals surface area contributed by atoms with Gasteiger partial charge in [-0.15, -0.1) is 0 Å². The first-order chi connectivity index (χ1) is 15.5. The van der Waals surface area contributed by atoms with Gasteiger partial charge in [0.1, 0.15) is 18.4 Å². The number of nitrogens with two attached hydrogens (primary N) is 1. The lowest BCUT2D eigenvalue weighted by Gasteiger charge is -2.10. The molecule has 4 N–H and O–H groups in total. The number of nitrogens with one attached hydrogen (secondary N) is 2. The van der Waals surface area contributed by atoms with Gasteiger partial charge in [0.15, 0.2) is 5.69 Å². The molecular weight excluding hydrogens is 412 g/mol. The summed E-state index contributed by atoms with van der Waals surface area (Å²) in [5.41, 5.74) is 8.05. The van der Waals surface area contributed by atoms with Crippen molar-refractivity contribution in [1.82, 2.24) is 15.0 Å². The van der Waals surface area contributed by atoms with Crippen LogP contribution in [0.2, 0.25) is 0 Å². The SMILES string of the molecule is CCOC(=O)c1coc(Nc2cccc(CNc3ncnc4c(C(N)=O)cccc34)c2)n1. The van der Waals surface area contributed by atoms with E-state index in [-0.39, 0.29) is 18.3 Å². The van der Waals surface area contributed by atoms with Crippen molar-refractivity contribution < 1.29 is 18.7 Å². The molecule has 0 aliphatic carbocycles. The molecule has 2 aromatic carbocycles. The van der Waals surface area contributed by atoms with E-state index >= 15 is 0 Å². The van der Waals surface area contributed by atoms with E-state index in [9.17, 15) is 9.59 Å². The number of hydrogen-bond donors (Lipinski definition) is 3. The first-order valence-corrected chi connectivity index (χ1v) is 9.81. The number of fused-ring (bicyclic) bond motifs is 1. The second-order valence-electron chi connectivity index (χ2n) is 6.73. The Labute approximate surface area is 182 Å². The molecule has 32 heavy (non-hydrogen) atoms. The molecule has 0 bridgehead atoms. The van der Waals surface area contributed by atoms with E-state index in [2.05, 4.69) is 25.6 Å². The van der Waals surface area contributed by atoms with Crippen LogP contribution in [0.5, 0.6) is 0 Å². The number of hydrogen-bond acceptors (Lipinski definition) is 9. The zero-order valence-corrected chi connectivity index (χ0v) is 17.2. The van der Waals surface area contributed by atoms with E-state index in [4.69, 9.17) is 14.9 Å². The molecule has 0 aliphatic rings. The standard InChI is InChI=1S/C22H20N6O4/c1-2-31-21(30)17-11-32-22(28-17)27-14-6-3-5-13(9-14)10-24-20-16-8-4-7-15(19(23)29)18(16)25-12-26-20/h3-9,11-12H,2,10H2,1H3,(H2,23,29)(H,27,28)(H,24,25,26). The molecule has 4 aromatic rings. The predicted molar refractivity (Wildman–Crippen MR) is 118 cm³/mol. The molecule has 2 aromatic heterocycles. The third kappa shape index (κ3) is 4.48. The van der Waals surface area contributed by atoms with Crippen LogP contribution in [0.3, 0.4) is 0 Å². The van der Waals surface area contributed by atoms with Crippen molar-refractivity contribution in [3.05, 3.63) is 71.9 Å². The summed E-state index contributed by atoms with van der Waals surface area (Å²) < 4.78 is 10.2. The van der Waals surface area contributed by atoms with Gasteiger partial charge in [-0.2, -0.15) is 4.98 Å². The molecule has 4 rings (SSSR count). The first kappa shape index (κ1) is 20.8. The van der Waals surface area contributed by atoms with Crippen LogP contribution in [-0.2, 0) is 11.3 Å². The van der Waals surface area contributed by atoms with Gasteiger partial charge in [-0.1, -0.05) is 18.2 Å². The second-order valence-corrected chi connectivity index (χ2v) is 6.73. The van der Waals surface area contributed by atoms with Crippen LogP contribution >= 0.6 is 0 Å². The summed E-state index contributed by atoms with van der Waals surface area (Å²) in [6, 6.07) is 12.9. The molecule has 0 saturated heterocycles. The molecule has 0 atom stereocenters. The number of anilines is 3. The van der Waals surface area contributed by atoms with Gasteiger partial charge in [0.2, 0.25) is 0 Å². The highest BCUT2D eigenvalue weighted by molar-refractivity contribution is 6.06. The van der Waals surface area contributed by atoms with Crippen LogP contribution in [0.25, 0.3) is 10.9 Å². The summed E-state index contributed by atoms with van der Waals surface area (Å²) in [6.07, 6.45) is 2.63. The summed E-state index contributed by atoms with van der Waals surface area (Å²) in [5, 5.41) is 6.98. The van der Waals surface area contributed by atoms with Crippen molar-refractivity contribution in [3.8, 4) is 0 Å². The lowest BCUT2D eigenvalue weighted by molar-refractivity contribution is 0.0519. The molecule has 0 aliphatic heterocycles. The fourth-order valence-electron chi connectivity index (χ4n) is 3.13. The average molecular weight is 432 g/mol. The third-order valence-electron chi connectivity index (χ3n) is 4.56. The molecule has 0 saturated carbocycles. The molecule has 0 spiro atoms. The minimum absolute atomic E-state index is 0.0955. The highest BCUT2D eigenvalue weighted by Gasteiger charge is 2.14. The Hall–Kier alpha value is -4.47. The van der Waals surface area contributed by atoms with Crippen molar-refractivity contribution in [3.63, 3.8) is 0 Å². The lowest BCUT2D eigenvalue weighted by atomic mass is 10.1. The molecule has 0 fully saturated rings. The quantitative estimate of drug-likeness (QED) is 0.357. The van der Waals surface area contributed by atoms with Crippen molar-refractivity contribution in [2.75, 3.05) is 17.2 Å². The van der Waals surface area contributed by atoms with Crippen molar-refractivity contribution in [2.24, 2.45) is 5.73 Å². The number of ether oxygens (including phenoxy) is 1. The maximum absolute atomic E-state index is 11.7. The van der Waals surface area contributed by atoms with Gasteiger partial charge < -0.3 is 25.5 Å². The molecular formula is C22H20N6O4. The Balaban J connectivity index is 1.48. The second kappa shape index (κ2) is 9.13. The van der Waals surface area contributed by atoms with Crippen LogP contribution in [0.1, 0.15) is 33.3 Å². The van der Waals surface area contributed by atoms with Gasteiger partial charge in [0.05, 0.1) is 17.7 Å². The Bertz CT molecular complexity index is 1290. The van der Waals surface area contributed by atoms with E-state index < -0.39 is 11.9 Å². The number of nitrogens with zero attached hydrogens (tertiary/aromatic N) is 3. The minimum Gasteiger partial charge on any atom is -0.461 e. The number of esters is 1. The van der Waals surface area contributed by atoms with E-state index in [0.29, 0.717) is 28.8 Å². The maximum atomic E-state index is 11.7. The van der Waals surface area contributed by atoms with Crippen LogP contribution in [0.4, 0.5) is 17.5 Å². The van der Waals surface area contributed by atoms with Gasteiger partial charge in [-0.25, -0.2) is 14.8 Å². The van der Waals surface area contributed by atoms with Crippen LogP contribution in [0.15, 0.2) is 59.5 Å². The molecule has 10 nitrogen and oxygen atoms in total. The highest BCUT2D eigenvalue weighted by atomic mass is 16.5. The fourth-order valence-corrected chi connectivity index (χ4v) is 3.13. The van der Waals surface area contributed by atoms with Crippen molar-refractivity contribution >= 4 is 40.3 Å². The number of benzene rings is 2. The zero-order chi connectivity index (χ0) is 22.5. The predicted octanol–water partition coefficient (Wildman–Crippen LogP) is 3.25. The van der Waals surface area contributed by atoms with Gasteiger partial charge in [0, 0.05) is 17.6 Å². The molecule has 1 amide bonds. The molecule has 162 valence electrons. The van der Waals surface area contributed by atoms with E-state index in [1.54, 1.807) is 19.1 Å². The Morgan fingerprint density at radius 2 is 2.00 bits per heavy atom. The number of carbonyl (C=O) groups excluding carboxylic acids is 2. The Kier molecular flexibility index (Phi) is 5.93. The molecule has 10 heteroatoms. The number of para-hydroxylation sites is 1. The highest BCUT2D eigenvalue weighted by Crippen LogP contribution is 2.23. The van der Waals surface area contributed by atoms with Crippen LogP contribution in [0, 0.1) is 0 Å². The number of aromatic nitrogens is 3. The van der Waals surface area contributed by atoms with Crippen molar-refractivity contribution in [2.45, 2.75) is 13.5 Å². The fraction of sp³-hybridized carbons (Fsp3) is 0.136. The monoisotopic (exact) mass is 432 g/mol. The Morgan fingerprint density at radius 3 is 2.81 bits per heavy atom. The van der Waals surface area contributed by atoms with E-state index in [1.807, 2.05) is 30.3 Å². The van der Waals surface area contributed by atoms with Crippen molar-refractivity contribution in [1.29, 1.82) is 0 Å². The number of oxazole rings is 1. The maximum Gasteiger partial charge on any atom is 0.360 e. The topological polar surface area (TPSA) is 145 Å². The molecule has 0 unspecified atom stereocenters. The van der Waals surface area contributed by atoms with Gasteiger partial charge in [-0.05, 0) is 36.8 Å². The Morgan fingerprint density at radius 1 is 1.16 bits per heavy atom. The van der Waals surface area contributed by atoms with Gasteiger partial charge in [-0.3, -0.25) is 4.79 Å². The molecule has 2 heterocycles. The summed E-state index contributed by atoms with van der Waals surface area (Å²) >= 11 is 0. The van der Waals surface area contributed by atoms with E-state index in [1.165, 1.54) is 12.6 Å². The number of rotatable bonds is 8. The minimum atomic E-state index is -0.545. The number of carbonyl (C=O) groups is 2. The average Bonchev–Trinajstić information content (AvgIpc) is 3.26.